The average Bonchev–Trinajstić information content (AvgIpc) is 2.55. The predicted octanol–water partition coefficient (Wildman–Crippen LogP) is 4.36. The highest BCUT2D eigenvalue weighted by atomic mass is 35.5. The molecule has 2 amide bonds. The molecule has 2 N–H and O–H groups in total. The minimum atomic E-state index is -0.542. The van der Waals surface area contributed by atoms with Crippen molar-refractivity contribution < 1.29 is 14.3 Å². The van der Waals surface area contributed by atoms with Gasteiger partial charge in [-0.25, -0.2) is 0 Å². The van der Waals surface area contributed by atoms with Crippen molar-refractivity contribution in [2.24, 2.45) is 0 Å². The fourth-order valence-electron chi connectivity index (χ4n) is 2.27. The van der Waals surface area contributed by atoms with Crippen molar-refractivity contribution in [1.29, 1.82) is 0 Å². The highest BCUT2D eigenvalue weighted by Gasteiger charge is 2.23. The molecule has 0 bridgehead atoms. The molecule has 0 aromatic heterocycles. The molecule has 0 radical (unpaired) electrons. The first-order valence-electron chi connectivity index (χ1n) is 7.48. The minimum absolute atomic E-state index is 0.228. The van der Waals surface area contributed by atoms with Crippen LogP contribution in [0.1, 0.15) is 12.5 Å². The maximum Gasteiger partial charge on any atom is 0.265 e. The van der Waals surface area contributed by atoms with Crippen LogP contribution in [-0.4, -0.2) is 17.9 Å². The number of anilines is 2. The number of ether oxygens (including phenoxy) is 1. The summed E-state index contributed by atoms with van der Waals surface area (Å²) in [7, 11) is 0. The number of benzene rings is 2. The van der Waals surface area contributed by atoms with Crippen LogP contribution >= 0.6 is 23.2 Å². The van der Waals surface area contributed by atoms with E-state index < -0.39 is 6.10 Å². The van der Waals surface area contributed by atoms with Crippen molar-refractivity contribution in [2.45, 2.75) is 13.0 Å². The Kier molecular flexibility index (Phi) is 4.97. The first-order chi connectivity index (χ1) is 11.9. The van der Waals surface area contributed by atoms with Crippen LogP contribution in [0, 0.1) is 0 Å². The highest BCUT2D eigenvalue weighted by molar-refractivity contribution is 6.35. The molecule has 1 atom stereocenters. The van der Waals surface area contributed by atoms with Crippen LogP contribution in [0.15, 0.2) is 42.5 Å². The molecule has 5 nitrogen and oxygen atoms in total. The summed E-state index contributed by atoms with van der Waals surface area (Å²) in [5, 5.41) is 6.43. The van der Waals surface area contributed by atoms with E-state index in [1.54, 1.807) is 49.4 Å². The van der Waals surface area contributed by atoms with Crippen LogP contribution in [0.2, 0.25) is 10.0 Å². The lowest BCUT2D eigenvalue weighted by molar-refractivity contribution is -0.122. The van der Waals surface area contributed by atoms with Gasteiger partial charge in [0.05, 0.1) is 5.69 Å². The van der Waals surface area contributed by atoms with E-state index in [2.05, 4.69) is 10.6 Å². The van der Waals surface area contributed by atoms with E-state index >= 15 is 0 Å². The summed E-state index contributed by atoms with van der Waals surface area (Å²) in [5.41, 5.74) is 1.74. The summed E-state index contributed by atoms with van der Waals surface area (Å²) >= 11 is 11.9. The van der Waals surface area contributed by atoms with Gasteiger partial charge in [-0.3, -0.25) is 9.59 Å². The molecule has 0 aliphatic carbocycles. The molecule has 0 saturated heterocycles. The maximum atomic E-state index is 12.1. The van der Waals surface area contributed by atoms with Gasteiger partial charge in [-0.1, -0.05) is 29.3 Å². The Balaban J connectivity index is 1.70. The molecule has 1 unspecified atom stereocenters. The Morgan fingerprint density at radius 2 is 2.04 bits per heavy atom. The second kappa shape index (κ2) is 7.17. The summed E-state index contributed by atoms with van der Waals surface area (Å²) < 4.78 is 5.47. The maximum absolute atomic E-state index is 12.1. The van der Waals surface area contributed by atoms with E-state index in [1.807, 2.05) is 0 Å². The molecular weight excluding hydrogens is 363 g/mol. The van der Waals surface area contributed by atoms with Crippen molar-refractivity contribution in [3.63, 3.8) is 0 Å². The second-order valence-electron chi connectivity index (χ2n) is 5.45. The third-order valence-corrected chi connectivity index (χ3v) is 4.12. The normalized spacial score (nSPS) is 16.1. The first kappa shape index (κ1) is 17.3. The Morgan fingerprint density at radius 3 is 2.80 bits per heavy atom. The van der Waals surface area contributed by atoms with Gasteiger partial charge in [0.15, 0.2) is 6.10 Å². The van der Waals surface area contributed by atoms with Crippen LogP contribution in [0.3, 0.4) is 0 Å². The quantitative estimate of drug-likeness (QED) is 0.781. The fourth-order valence-corrected chi connectivity index (χ4v) is 2.74. The van der Waals surface area contributed by atoms with Crippen LogP contribution in [0.25, 0.3) is 6.08 Å². The van der Waals surface area contributed by atoms with Gasteiger partial charge in [0.2, 0.25) is 5.91 Å². The standard InChI is InChI=1S/C18H14Cl2N2O3/c1-10-18(24)22-15-9-13(5-6-16(15)25-10)21-17(23)7-3-11-2-4-12(19)8-14(11)20/h2-10H,1H3,(H,21,23)(H,22,24)/b7-3+. The van der Waals surface area contributed by atoms with Gasteiger partial charge in [-0.05, 0) is 48.9 Å². The van der Waals surface area contributed by atoms with Crippen LogP contribution in [0.5, 0.6) is 5.75 Å². The lowest BCUT2D eigenvalue weighted by atomic mass is 10.2. The zero-order valence-electron chi connectivity index (χ0n) is 13.2. The Labute approximate surface area is 154 Å². The third kappa shape index (κ3) is 4.13. The number of carbonyl (C=O) groups excluding carboxylic acids is 2. The zero-order chi connectivity index (χ0) is 18.0. The molecule has 0 saturated carbocycles. The van der Waals surface area contributed by atoms with Gasteiger partial charge < -0.3 is 15.4 Å². The smallest absolute Gasteiger partial charge is 0.265 e. The van der Waals surface area contributed by atoms with Crippen LogP contribution < -0.4 is 15.4 Å². The number of rotatable bonds is 3. The number of fused-ring (bicyclic) bond motifs is 1. The first-order valence-corrected chi connectivity index (χ1v) is 8.23. The molecule has 2 aromatic rings. The molecular formula is C18H14Cl2N2O3. The van der Waals surface area contributed by atoms with Crippen LogP contribution in [-0.2, 0) is 9.59 Å². The summed E-state index contributed by atoms with van der Waals surface area (Å²) in [5.74, 6) is 0.00392. The molecule has 7 heteroatoms. The molecule has 2 aromatic carbocycles. The molecule has 1 heterocycles. The third-order valence-electron chi connectivity index (χ3n) is 3.55. The van der Waals surface area contributed by atoms with Gasteiger partial charge in [0.1, 0.15) is 5.75 Å². The van der Waals surface area contributed by atoms with Crippen molar-refractivity contribution in [1.82, 2.24) is 0 Å². The van der Waals surface area contributed by atoms with E-state index in [1.165, 1.54) is 6.08 Å². The van der Waals surface area contributed by atoms with E-state index in [9.17, 15) is 9.59 Å². The second-order valence-corrected chi connectivity index (χ2v) is 6.29. The lowest BCUT2D eigenvalue weighted by Gasteiger charge is -2.23. The molecule has 0 spiro atoms. The summed E-state index contributed by atoms with van der Waals surface area (Å²) in [4.78, 5) is 23.7. The Bertz CT molecular complexity index is 881. The van der Waals surface area contributed by atoms with E-state index in [0.717, 1.165) is 0 Å². The Hall–Kier alpha value is -2.50. The van der Waals surface area contributed by atoms with E-state index in [4.69, 9.17) is 27.9 Å². The fraction of sp³-hybridized carbons (Fsp3) is 0.111. The molecule has 3 rings (SSSR count). The highest BCUT2D eigenvalue weighted by Crippen LogP contribution is 2.32. The SMILES string of the molecule is CC1Oc2ccc(NC(=O)/C=C/c3ccc(Cl)cc3Cl)cc2NC1=O. The van der Waals surface area contributed by atoms with E-state index in [0.29, 0.717) is 32.7 Å². The number of hydrogen-bond donors (Lipinski definition) is 2. The summed E-state index contributed by atoms with van der Waals surface area (Å²) in [6.07, 6.45) is 2.42. The number of amides is 2. The van der Waals surface area contributed by atoms with Crippen molar-refractivity contribution in [3.05, 3.63) is 58.1 Å². The van der Waals surface area contributed by atoms with Gasteiger partial charge >= 0.3 is 0 Å². The molecule has 1 aliphatic rings. The lowest BCUT2D eigenvalue weighted by Crippen LogP contribution is -2.34. The summed E-state index contributed by atoms with van der Waals surface area (Å²) in [6.45, 7) is 1.67. The molecule has 25 heavy (non-hydrogen) atoms. The molecule has 0 fully saturated rings. The Morgan fingerprint density at radius 1 is 1.24 bits per heavy atom. The zero-order valence-corrected chi connectivity index (χ0v) is 14.7. The molecule has 1 aliphatic heterocycles. The minimum Gasteiger partial charge on any atom is -0.479 e. The number of hydrogen-bond acceptors (Lipinski definition) is 3. The molecule has 128 valence electrons. The predicted molar refractivity (Wildman–Crippen MR) is 99.3 cm³/mol. The average molecular weight is 377 g/mol. The van der Waals surface area contributed by atoms with Crippen molar-refractivity contribution >= 4 is 52.5 Å². The van der Waals surface area contributed by atoms with Gasteiger partial charge in [-0.15, -0.1) is 0 Å². The largest absolute Gasteiger partial charge is 0.479 e. The van der Waals surface area contributed by atoms with Crippen molar-refractivity contribution in [2.75, 3.05) is 10.6 Å². The monoisotopic (exact) mass is 376 g/mol. The topological polar surface area (TPSA) is 67.4 Å². The van der Waals surface area contributed by atoms with Crippen LogP contribution in [0.4, 0.5) is 11.4 Å². The van der Waals surface area contributed by atoms with Gasteiger partial charge in [-0.2, -0.15) is 0 Å². The van der Waals surface area contributed by atoms with Gasteiger partial charge in [0.25, 0.3) is 5.91 Å². The van der Waals surface area contributed by atoms with E-state index in [-0.39, 0.29) is 11.8 Å². The van der Waals surface area contributed by atoms with Crippen molar-refractivity contribution in [3.8, 4) is 5.75 Å². The number of halogens is 2. The summed E-state index contributed by atoms with van der Waals surface area (Å²) in [6, 6.07) is 10.1. The number of carbonyl (C=O) groups is 2. The van der Waals surface area contributed by atoms with Gasteiger partial charge in [0, 0.05) is 21.8 Å². The number of nitrogens with one attached hydrogen (secondary N) is 2.